The van der Waals surface area contributed by atoms with Crippen LogP contribution in [0.4, 0.5) is 0 Å². The van der Waals surface area contributed by atoms with E-state index in [1.807, 2.05) is 0 Å². The number of allylic oxidation sites excluding steroid dienone is 1. The van der Waals surface area contributed by atoms with Crippen molar-refractivity contribution >= 4 is 23.9 Å². The fourth-order valence-corrected chi connectivity index (χ4v) is 4.38. The molecule has 0 spiro atoms. The van der Waals surface area contributed by atoms with E-state index < -0.39 is 41.6 Å². The van der Waals surface area contributed by atoms with Crippen LogP contribution in [-0.2, 0) is 28.7 Å². The van der Waals surface area contributed by atoms with Crippen molar-refractivity contribution < 1.29 is 54.2 Å². The molecule has 0 amide bonds. The van der Waals surface area contributed by atoms with Gasteiger partial charge >= 0.3 is 23.9 Å². The Bertz CT molecular complexity index is 806. The third kappa shape index (κ3) is 6.12. The van der Waals surface area contributed by atoms with Gasteiger partial charge < -0.3 is 35.0 Å². The predicted molar refractivity (Wildman–Crippen MR) is 114 cm³/mol. The first-order valence-electron chi connectivity index (χ1n) is 11.1. The van der Waals surface area contributed by atoms with E-state index in [0.717, 1.165) is 25.9 Å². The van der Waals surface area contributed by atoms with Gasteiger partial charge in [-0.15, -0.1) is 0 Å². The Morgan fingerprint density at radius 3 is 2.21 bits per heavy atom. The molecule has 7 atom stereocenters. The maximum atomic E-state index is 12.6. The van der Waals surface area contributed by atoms with Gasteiger partial charge in [0.05, 0.1) is 12.6 Å². The van der Waals surface area contributed by atoms with Gasteiger partial charge in [-0.05, 0) is 45.6 Å². The minimum atomic E-state index is -2.27. The lowest BCUT2D eigenvalue weighted by molar-refractivity contribution is -0.172. The van der Waals surface area contributed by atoms with Crippen LogP contribution in [0.3, 0.4) is 0 Å². The lowest BCUT2D eigenvalue weighted by Gasteiger charge is -2.32. The fraction of sp³-hybridized carbons (Fsp3) is 0.727. The van der Waals surface area contributed by atoms with Crippen molar-refractivity contribution in [2.45, 2.75) is 70.0 Å². The standard InChI is InChI=1S/C18H27NO5.C4H6O6/c1-4-12-9-11(2)18(3,22)17(21)23-10-13-5-7-19-8-6-14(15(13)19)24-16(12)20;5-1(3(7)8)2(6)4(9)10/h4,11,13-15,22H,5-10H2,1-3H3;1-2,5-6H,(H,7,8)(H,9,10)/b12-4+;/t11-,13+,14+,15?,18+;/m0./s1. The number of esters is 2. The van der Waals surface area contributed by atoms with Crippen molar-refractivity contribution in [3.05, 3.63) is 11.6 Å². The van der Waals surface area contributed by atoms with Crippen molar-refractivity contribution in [1.82, 2.24) is 4.90 Å². The van der Waals surface area contributed by atoms with Crippen LogP contribution in [0.1, 0.15) is 40.0 Å². The summed E-state index contributed by atoms with van der Waals surface area (Å²) in [6.07, 6.45) is -0.943. The maximum absolute atomic E-state index is 12.6. The Balaban J connectivity index is 0.000000347. The number of hydrogen-bond donors (Lipinski definition) is 5. The lowest BCUT2D eigenvalue weighted by Crippen LogP contribution is -2.46. The summed E-state index contributed by atoms with van der Waals surface area (Å²) in [5.41, 5.74) is -1.12. The number of carbonyl (C=O) groups is 4. The monoisotopic (exact) mass is 487 g/mol. The average molecular weight is 488 g/mol. The lowest BCUT2D eigenvalue weighted by atomic mass is 9.85. The second-order valence-electron chi connectivity index (χ2n) is 9.04. The first kappa shape index (κ1) is 27.7. The Labute approximate surface area is 196 Å². The number of aliphatic hydroxyl groups excluding tert-OH is 2. The average Bonchev–Trinajstić information content (AvgIpc) is 3.36. The molecule has 0 aromatic rings. The van der Waals surface area contributed by atoms with Crippen LogP contribution in [-0.4, -0.2) is 104 Å². The van der Waals surface area contributed by atoms with Gasteiger partial charge in [-0.1, -0.05) is 13.0 Å². The summed E-state index contributed by atoms with van der Waals surface area (Å²) in [4.78, 5) is 46.8. The van der Waals surface area contributed by atoms with E-state index in [0.29, 0.717) is 5.57 Å². The highest BCUT2D eigenvalue weighted by molar-refractivity contribution is 5.89. The molecule has 0 aromatic carbocycles. The van der Waals surface area contributed by atoms with Crippen molar-refractivity contribution in [3.63, 3.8) is 0 Å². The molecule has 3 aliphatic rings. The zero-order chi connectivity index (χ0) is 25.8. The van der Waals surface area contributed by atoms with Gasteiger partial charge in [0, 0.05) is 18.0 Å². The summed E-state index contributed by atoms with van der Waals surface area (Å²) >= 11 is 0. The number of carbonyl (C=O) groups excluding carboxylic acids is 2. The molecule has 0 radical (unpaired) electrons. The number of aliphatic carboxylic acids is 2. The van der Waals surface area contributed by atoms with Gasteiger partial charge in [0.15, 0.2) is 17.8 Å². The van der Waals surface area contributed by atoms with Crippen molar-refractivity contribution in [1.29, 1.82) is 0 Å². The van der Waals surface area contributed by atoms with E-state index in [-0.39, 0.29) is 37.1 Å². The molecule has 192 valence electrons. The maximum Gasteiger partial charge on any atom is 0.338 e. The Morgan fingerprint density at radius 2 is 1.68 bits per heavy atom. The minimum Gasteiger partial charge on any atom is -0.479 e. The normalized spacial score (nSPS) is 34.9. The molecule has 12 nitrogen and oxygen atoms in total. The Kier molecular flexibility index (Phi) is 9.17. The topological polar surface area (TPSA) is 191 Å². The van der Waals surface area contributed by atoms with Gasteiger partial charge in [0.2, 0.25) is 0 Å². The summed E-state index contributed by atoms with van der Waals surface area (Å²) in [7, 11) is 0. The van der Waals surface area contributed by atoms with Crippen molar-refractivity contribution in [3.8, 4) is 0 Å². The van der Waals surface area contributed by atoms with Crippen LogP contribution >= 0.6 is 0 Å². The van der Waals surface area contributed by atoms with Crippen LogP contribution in [0, 0.1) is 11.8 Å². The molecule has 5 N–H and O–H groups in total. The van der Waals surface area contributed by atoms with Crippen LogP contribution in [0.25, 0.3) is 0 Å². The molecule has 12 heteroatoms. The molecule has 0 bridgehead atoms. The van der Waals surface area contributed by atoms with E-state index in [4.69, 9.17) is 29.9 Å². The largest absolute Gasteiger partial charge is 0.479 e. The smallest absolute Gasteiger partial charge is 0.338 e. The molecular weight excluding hydrogens is 454 g/mol. The SMILES string of the molecule is C/C=C1\C[C@H](C)[C@@](C)(O)C(=O)OC[C@H]2CCN3CC[C@@H](OC1=O)C23.O=C(O)C(O)C(O)C(=O)O. The number of hydrogen-bond acceptors (Lipinski definition) is 10. The number of cyclic esters (lactones) is 1. The van der Waals surface area contributed by atoms with Crippen molar-refractivity contribution in [2.24, 2.45) is 11.8 Å². The molecule has 3 unspecified atom stereocenters. The van der Waals surface area contributed by atoms with E-state index in [1.165, 1.54) is 6.92 Å². The summed E-state index contributed by atoms with van der Waals surface area (Å²) < 4.78 is 11.3. The van der Waals surface area contributed by atoms with E-state index in [1.54, 1.807) is 19.9 Å². The second-order valence-corrected chi connectivity index (χ2v) is 9.04. The number of aliphatic hydroxyl groups is 3. The second kappa shape index (κ2) is 11.3. The first-order valence-corrected chi connectivity index (χ1v) is 11.1. The van der Waals surface area contributed by atoms with Crippen LogP contribution in [0.15, 0.2) is 11.6 Å². The molecular formula is C22H33NO11. The number of carboxylic acids is 2. The minimum absolute atomic E-state index is 0.113. The third-order valence-electron chi connectivity index (χ3n) is 6.78. The molecule has 3 heterocycles. The zero-order valence-corrected chi connectivity index (χ0v) is 19.4. The van der Waals surface area contributed by atoms with Crippen LogP contribution < -0.4 is 0 Å². The van der Waals surface area contributed by atoms with Crippen LogP contribution in [0.2, 0.25) is 0 Å². The summed E-state index contributed by atoms with van der Waals surface area (Å²) in [6, 6.07) is 0.113. The molecule has 0 aliphatic carbocycles. The summed E-state index contributed by atoms with van der Waals surface area (Å²) in [5.74, 6) is -4.76. The molecule has 3 aliphatic heterocycles. The Hall–Kier alpha value is -2.54. The summed E-state index contributed by atoms with van der Waals surface area (Å²) in [5, 5.41) is 43.1. The Morgan fingerprint density at radius 1 is 1.12 bits per heavy atom. The highest BCUT2D eigenvalue weighted by atomic mass is 16.6. The van der Waals surface area contributed by atoms with E-state index in [2.05, 4.69) is 4.90 Å². The first-order chi connectivity index (χ1) is 15.8. The van der Waals surface area contributed by atoms with E-state index >= 15 is 0 Å². The van der Waals surface area contributed by atoms with Gasteiger partial charge in [-0.3, -0.25) is 4.90 Å². The molecule has 3 fully saturated rings. The number of ether oxygens (including phenoxy) is 2. The van der Waals surface area contributed by atoms with Crippen molar-refractivity contribution in [2.75, 3.05) is 19.7 Å². The molecule has 3 rings (SSSR count). The molecule has 34 heavy (non-hydrogen) atoms. The van der Waals surface area contributed by atoms with Gasteiger partial charge in [0.1, 0.15) is 6.10 Å². The highest BCUT2D eigenvalue weighted by Crippen LogP contribution is 2.36. The molecule has 0 saturated carbocycles. The zero-order valence-electron chi connectivity index (χ0n) is 19.4. The number of carboxylic acid groups (broad SMARTS) is 2. The molecule has 3 saturated heterocycles. The van der Waals surface area contributed by atoms with Gasteiger partial charge in [-0.25, -0.2) is 19.2 Å². The highest BCUT2D eigenvalue weighted by Gasteiger charge is 2.48. The van der Waals surface area contributed by atoms with Crippen LogP contribution in [0.5, 0.6) is 0 Å². The summed E-state index contributed by atoms with van der Waals surface area (Å²) in [6.45, 7) is 7.11. The van der Waals surface area contributed by atoms with Gasteiger partial charge in [-0.2, -0.15) is 0 Å². The molecule has 0 aromatic heterocycles. The predicted octanol–water partition coefficient (Wildman–Crippen LogP) is -0.850. The fourth-order valence-electron chi connectivity index (χ4n) is 4.38. The van der Waals surface area contributed by atoms with Gasteiger partial charge in [0.25, 0.3) is 0 Å². The quantitative estimate of drug-likeness (QED) is 0.245. The van der Waals surface area contributed by atoms with E-state index in [9.17, 15) is 24.3 Å². The third-order valence-corrected chi connectivity index (χ3v) is 6.78. The number of nitrogens with zero attached hydrogens (tertiary/aromatic N) is 1. The number of rotatable bonds is 3.